The Bertz CT molecular complexity index is 1680. The van der Waals surface area contributed by atoms with Crippen LogP contribution in [0.2, 0.25) is 0 Å². The van der Waals surface area contributed by atoms with Gasteiger partial charge in [0.2, 0.25) is 0 Å². The highest BCUT2D eigenvalue weighted by atomic mass is 16.5. The van der Waals surface area contributed by atoms with E-state index in [1.807, 2.05) is 42.5 Å². The molecule has 0 unspecified atom stereocenters. The number of ether oxygens (including phenoxy) is 1. The molecule has 0 radical (unpaired) electrons. The average molecular weight is 440 g/mol. The van der Waals surface area contributed by atoms with E-state index in [-0.39, 0.29) is 17.4 Å². The van der Waals surface area contributed by atoms with Crippen LogP contribution in [0.1, 0.15) is 22.6 Å². The van der Waals surface area contributed by atoms with Gasteiger partial charge in [-0.05, 0) is 39.2 Å². The van der Waals surface area contributed by atoms with Gasteiger partial charge in [0.05, 0.1) is 10.8 Å². The van der Waals surface area contributed by atoms with Crippen LogP contribution in [0.3, 0.4) is 0 Å². The number of phenols is 2. The van der Waals surface area contributed by atoms with E-state index in [4.69, 9.17) is 4.74 Å². The van der Waals surface area contributed by atoms with Crippen LogP contribution in [-0.4, -0.2) is 10.2 Å². The van der Waals surface area contributed by atoms with Crippen LogP contribution in [0.4, 0.5) is 0 Å². The fraction of sp³-hybridized carbons (Fsp3) is 0.0323. The van der Waals surface area contributed by atoms with Gasteiger partial charge in [-0.25, -0.2) is 0 Å². The van der Waals surface area contributed by atoms with Crippen molar-refractivity contribution in [3.8, 4) is 23.0 Å². The molecule has 1 aliphatic rings. The summed E-state index contributed by atoms with van der Waals surface area (Å²) in [7, 11) is 0. The fourth-order valence-electron chi connectivity index (χ4n) is 5.38. The summed E-state index contributed by atoms with van der Waals surface area (Å²) in [6.45, 7) is 0. The third-order valence-corrected chi connectivity index (χ3v) is 6.95. The lowest BCUT2D eigenvalue weighted by Gasteiger charge is -2.31. The minimum absolute atomic E-state index is 0.114. The quantitative estimate of drug-likeness (QED) is 0.273. The highest BCUT2D eigenvalue weighted by Crippen LogP contribution is 2.54. The number of aromatic hydroxyl groups is 2. The molecular formula is C31H20O3. The molecule has 0 atom stereocenters. The van der Waals surface area contributed by atoms with Gasteiger partial charge in [0, 0.05) is 17.0 Å². The second kappa shape index (κ2) is 7.00. The normalized spacial score (nSPS) is 13.1. The molecule has 0 saturated heterocycles. The molecule has 1 heterocycles. The smallest absolute Gasteiger partial charge is 0.143 e. The lowest BCUT2D eigenvalue weighted by atomic mass is 9.80. The zero-order valence-corrected chi connectivity index (χ0v) is 18.2. The molecule has 0 bridgehead atoms. The van der Waals surface area contributed by atoms with Crippen molar-refractivity contribution < 1.29 is 14.9 Å². The Kier molecular flexibility index (Phi) is 3.91. The van der Waals surface area contributed by atoms with Crippen molar-refractivity contribution in [1.29, 1.82) is 0 Å². The van der Waals surface area contributed by atoms with E-state index < -0.39 is 0 Å². The van der Waals surface area contributed by atoms with Gasteiger partial charge in [0.1, 0.15) is 23.0 Å². The summed E-state index contributed by atoms with van der Waals surface area (Å²) in [5.41, 5.74) is 3.12. The van der Waals surface area contributed by atoms with Gasteiger partial charge in [0.25, 0.3) is 0 Å². The van der Waals surface area contributed by atoms with Crippen molar-refractivity contribution in [1.82, 2.24) is 0 Å². The van der Waals surface area contributed by atoms with Crippen LogP contribution < -0.4 is 4.74 Å². The SMILES string of the molecule is Oc1cccc2ccc3c(c12)Oc1c(ccc2cccc(O)c12)C3c1ccc2ccccc2c1. The Hall–Kier alpha value is -4.50. The van der Waals surface area contributed by atoms with Crippen LogP contribution in [0.25, 0.3) is 32.3 Å². The van der Waals surface area contributed by atoms with Crippen molar-refractivity contribution in [3.63, 3.8) is 0 Å². The van der Waals surface area contributed by atoms with Gasteiger partial charge in [-0.2, -0.15) is 0 Å². The van der Waals surface area contributed by atoms with Gasteiger partial charge in [0.15, 0.2) is 0 Å². The number of benzene rings is 6. The molecule has 162 valence electrons. The van der Waals surface area contributed by atoms with E-state index in [0.29, 0.717) is 22.3 Å². The number of phenolic OH excluding ortho intramolecular Hbond substituents is 2. The van der Waals surface area contributed by atoms with Crippen LogP contribution in [-0.2, 0) is 0 Å². The van der Waals surface area contributed by atoms with Gasteiger partial charge < -0.3 is 14.9 Å². The topological polar surface area (TPSA) is 49.7 Å². The Balaban J connectivity index is 1.60. The van der Waals surface area contributed by atoms with Crippen molar-refractivity contribution in [2.75, 3.05) is 0 Å². The Labute approximate surface area is 196 Å². The molecule has 2 N–H and O–H groups in total. The zero-order chi connectivity index (χ0) is 22.8. The maximum Gasteiger partial charge on any atom is 0.143 e. The first-order valence-corrected chi connectivity index (χ1v) is 11.3. The largest absolute Gasteiger partial charge is 0.507 e. The lowest BCUT2D eigenvalue weighted by molar-refractivity contribution is 0.448. The third kappa shape index (κ3) is 2.64. The maximum absolute atomic E-state index is 10.8. The molecule has 7 rings (SSSR count). The second-order valence-electron chi connectivity index (χ2n) is 8.86. The first-order chi connectivity index (χ1) is 16.7. The zero-order valence-electron chi connectivity index (χ0n) is 18.2. The first-order valence-electron chi connectivity index (χ1n) is 11.3. The second-order valence-corrected chi connectivity index (χ2v) is 8.86. The molecule has 1 aliphatic heterocycles. The van der Waals surface area contributed by atoms with E-state index in [1.54, 1.807) is 12.1 Å². The van der Waals surface area contributed by atoms with E-state index in [9.17, 15) is 10.2 Å². The first kappa shape index (κ1) is 19.0. The Morgan fingerprint density at radius 1 is 0.500 bits per heavy atom. The van der Waals surface area contributed by atoms with Crippen molar-refractivity contribution in [3.05, 3.63) is 120 Å². The summed E-state index contributed by atoms with van der Waals surface area (Å²) in [5.74, 6) is 1.52. The maximum atomic E-state index is 10.8. The Morgan fingerprint density at radius 2 is 1.03 bits per heavy atom. The number of hydrogen-bond donors (Lipinski definition) is 2. The monoisotopic (exact) mass is 440 g/mol. The molecule has 0 saturated carbocycles. The number of fused-ring (bicyclic) bond motifs is 7. The van der Waals surface area contributed by atoms with E-state index in [0.717, 1.165) is 27.5 Å². The lowest BCUT2D eigenvalue weighted by Crippen LogP contribution is -2.12. The van der Waals surface area contributed by atoms with Gasteiger partial charge in [-0.3, -0.25) is 0 Å². The summed E-state index contributed by atoms with van der Waals surface area (Å²) in [6.07, 6.45) is 0. The highest BCUT2D eigenvalue weighted by molar-refractivity contribution is 6.00. The molecule has 3 nitrogen and oxygen atoms in total. The molecule has 0 aromatic heterocycles. The molecule has 6 aromatic rings. The van der Waals surface area contributed by atoms with Crippen molar-refractivity contribution >= 4 is 32.3 Å². The minimum atomic E-state index is -0.114. The molecule has 34 heavy (non-hydrogen) atoms. The molecule has 0 spiro atoms. The number of rotatable bonds is 1. The molecule has 0 amide bonds. The predicted molar refractivity (Wildman–Crippen MR) is 136 cm³/mol. The van der Waals surface area contributed by atoms with Crippen LogP contribution in [0.15, 0.2) is 103 Å². The summed E-state index contributed by atoms with van der Waals surface area (Å²) in [5, 5.41) is 27.2. The average Bonchev–Trinajstić information content (AvgIpc) is 2.87. The number of hydrogen-bond acceptors (Lipinski definition) is 3. The predicted octanol–water partition coefficient (Wildman–Crippen LogP) is 7.84. The van der Waals surface area contributed by atoms with Crippen LogP contribution in [0.5, 0.6) is 23.0 Å². The van der Waals surface area contributed by atoms with Crippen LogP contribution >= 0.6 is 0 Å². The third-order valence-electron chi connectivity index (χ3n) is 6.95. The van der Waals surface area contributed by atoms with E-state index in [1.165, 1.54) is 10.8 Å². The molecule has 0 fully saturated rings. The Morgan fingerprint density at radius 3 is 1.65 bits per heavy atom. The van der Waals surface area contributed by atoms with Gasteiger partial charge in [-0.15, -0.1) is 0 Å². The molecule has 0 aliphatic carbocycles. The van der Waals surface area contributed by atoms with E-state index in [2.05, 4.69) is 48.5 Å². The van der Waals surface area contributed by atoms with E-state index >= 15 is 0 Å². The molecular weight excluding hydrogens is 420 g/mol. The summed E-state index contributed by atoms with van der Waals surface area (Å²) in [6, 6.07) is 34.1. The van der Waals surface area contributed by atoms with Crippen molar-refractivity contribution in [2.24, 2.45) is 0 Å². The van der Waals surface area contributed by atoms with Gasteiger partial charge in [-0.1, -0.05) is 91.0 Å². The van der Waals surface area contributed by atoms with Crippen LogP contribution in [0, 0.1) is 0 Å². The summed E-state index contributed by atoms with van der Waals surface area (Å²) >= 11 is 0. The summed E-state index contributed by atoms with van der Waals surface area (Å²) in [4.78, 5) is 0. The fourth-order valence-corrected chi connectivity index (χ4v) is 5.38. The summed E-state index contributed by atoms with van der Waals surface area (Å²) < 4.78 is 6.58. The molecule has 6 aromatic carbocycles. The highest BCUT2D eigenvalue weighted by Gasteiger charge is 2.32. The molecule has 3 heteroatoms. The minimum Gasteiger partial charge on any atom is -0.507 e. The van der Waals surface area contributed by atoms with Crippen molar-refractivity contribution in [2.45, 2.75) is 5.92 Å². The van der Waals surface area contributed by atoms with Gasteiger partial charge >= 0.3 is 0 Å². The standard InChI is InChI=1S/C31H20O3/c32-25-9-3-7-19-13-15-23-27(22-12-11-18-5-1-2-6-21(18)17-22)24-16-14-20-8-4-10-26(33)29(20)31(24)34-30(23)28(19)25/h1-17,27,32-33H.